The Bertz CT molecular complexity index is 1070. The molecule has 2 atom stereocenters. The number of hydrogen-bond donors (Lipinski definition) is 2. The van der Waals surface area contributed by atoms with Crippen LogP contribution in [-0.4, -0.2) is 24.0 Å². The molecular formula is C25H25NO5. The van der Waals surface area contributed by atoms with Crippen molar-refractivity contribution in [1.29, 1.82) is 0 Å². The summed E-state index contributed by atoms with van der Waals surface area (Å²) in [5.74, 6) is -1.14. The highest BCUT2D eigenvalue weighted by molar-refractivity contribution is 5.96. The third-order valence-electron chi connectivity index (χ3n) is 5.81. The number of ether oxygens (including phenoxy) is 2. The smallest absolute Gasteiger partial charge is 0.336 e. The van der Waals surface area contributed by atoms with Gasteiger partial charge in [-0.3, -0.25) is 4.79 Å². The molecule has 2 aromatic carbocycles. The van der Waals surface area contributed by atoms with Crippen LogP contribution in [0.25, 0.3) is 0 Å². The lowest BCUT2D eigenvalue weighted by atomic mass is 9.71. The molecule has 0 saturated carbocycles. The molecule has 0 spiro atoms. The van der Waals surface area contributed by atoms with Crippen molar-refractivity contribution in [2.45, 2.75) is 32.3 Å². The molecule has 0 bridgehead atoms. The zero-order chi connectivity index (χ0) is 22.0. The Morgan fingerprint density at radius 1 is 1.16 bits per heavy atom. The lowest BCUT2D eigenvalue weighted by Crippen LogP contribution is -2.40. The number of phenolic OH excluding ortho intramolecular Hbond substituents is 1. The first-order valence-electron chi connectivity index (χ1n) is 10.3. The number of hydrogen-bond acceptors (Lipinski definition) is 6. The molecular weight excluding hydrogens is 394 g/mol. The predicted molar refractivity (Wildman–Crippen MR) is 115 cm³/mol. The molecule has 2 unspecified atom stereocenters. The van der Waals surface area contributed by atoms with E-state index in [2.05, 4.69) is 5.32 Å². The van der Waals surface area contributed by atoms with Crippen LogP contribution in [0.4, 0.5) is 0 Å². The third-order valence-corrected chi connectivity index (χ3v) is 5.81. The zero-order valence-corrected chi connectivity index (χ0v) is 17.6. The number of carbonyl (C=O) groups is 2. The number of nitrogens with one attached hydrogen (secondary N) is 1. The van der Waals surface area contributed by atoms with Crippen molar-refractivity contribution < 1.29 is 24.2 Å². The van der Waals surface area contributed by atoms with Crippen LogP contribution in [0.2, 0.25) is 0 Å². The van der Waals surface area contributed by atoms with Crippen LogP contribution < -0.4 is 10.1 Å². The minimum absolute atomic E-state index is 0.000161. The monoisotopic (exact) mass is 419 g/mol. The summed E-state index contributed by atoms with van der Waals surface area (Å²) in [4.78, 5) is 26.2. The van der Waals surface area contributed by atoms with Gasteiger partial charge in [-0.05, 0) is 36.6 Å². The topological polar surface area (TPSA) is 84.9 Å². The first kappa shape index (κ1) is 20.7. The number of fused-ring (bicyclic) bond motifs is 1. The highest BCUT2D eigenvalue weighted by Crippen LogP contribution is 2.45. The molecule has 6 nitrogen and oxygen atoms in total. The number of aromatic hydroxyl groups is 1. The summed E-state index contributed by atoms with van der Waals surface area (Å²) in [6.07, 6.45) is 3.11. The number of methoxy groups -OCH3 is 1. The van der Waals surface area contributed by atoms with Crippen molar-refractivity contribution in [3.05, 3.63) is 82.7 Å². The second kappa shape index (κ2) is 8.68. The Kier molecular flexibility index (Phi) is 5.80. The van der Waals surface area contributed by atoms with Crippen LogP contribution in [0.15, 0.2) is 71.6 Å². The van der Waals surface area contributed by atoms with E-state index >= 15 is 0 Å². The van der Waals surface area contributed by atoms with Crippen LogP contribution in [0.5, 0.6) is 11.5 Å². The van der Waals surface area contributed by atoms with Gasteiger partial charge in [0.1, 0.15) is 12.4 Å². The fourth-order valence-electron chi connectivity index (χ4n) is 4.33. The molecule has 31 heavy (non-hydrogen) atoms. The number of rotatable bonds is 5. The number of esters is 1. The van der Waals surface area contributed by atoms with Crippen LogP contribution in [0.3, 0.4) is 0 Å². The van der Waals surface area contributed by atoms with Gasteiger partial charge in [0.25, 0.3) is 0 Å². The molecule has 2 aliphatic rings. The van der Waals surface area contributed by atoms with Gasteiger partial charge in [0.2, 0.25) is 0 Å². The molecule has 0 fully saturated rings. The minimum Gasteiger partial charge on any atom is -0.504 e. The van der Waals surface area contributed by atoms with E-state index in [-0.39, 0.29) is 18.1 Å². The van der Waals surface area contributed by atoms with Gasteiger partial charge in [-0.2, -0.15) is 0 Å². The summed E-state index contributed by atoms with van der Waals surface area (Å²) in [5.41, 5.74) is 3.49. The Hall–Kier alpha value is -3.54. The largest absolute Gasteiger partial charge is 0.504 e. The van der Waals surface area contributed by atoms with Crippen molar-refractivity contribution in [2.75, 3.05) is 7.11 Å². The Morgan fingerprint density at radius 2 is 1.94 bits per heavy atom. The predicted octanol–water partition coefficient (Wildman–Crippen LogP) is 3.97. The molecule has 1 heterocycles. The van der Waals surface area contributed by atoms with E-state index in [1.54, 1.807) is 12.1 Å². The van der Waals surface area contributed by atoms with Gasteiger partial charge in [0, 0.05) is 23.7 Å². The molecule has 4 rings (SSSR count). The van der Waals surface area contributed by atoms with Gasteiger partial charge >= 0.3 is 5.97 Å². The highest BCUT2D eigenvalue weighted by atomic mass is 16.5. The number of ketones is 1. The zero-order valence-electron chi connectivity index (χ0n) is 17.6. The fraction of sp³-hybridized carbons (Fsp3) is 0.280. The van der Waals surface area contributed by atoms with E-state index in [0.29, 0.717) is 35.4 Å². The maximum absolute atomic E-state index is 13.2. The molecule has 0 radical (unpaired) electrons. The van der Waals surface area contributed by atoms with Gasteiger partial charge in [-0.15, -0.1) is 0 Å². The molecule has 0 amide bonds. The van der Waals surface area contributed by atoms with E-state index < -0.39 is 17.8 Å². The van der Waals surface area contributed by atoms with E-state index in [9.17, 15) is 14.7 Å². The van der Waals surface area contributed by atoms with Crippen molar-refractivity contribution in [1.82, 2.24) is 5.32 Å². The number of Topliss-reactive ketones (excluding diaryl/α,β-unsaturated/α-hetero) is 1. The summed E-state index contributed by atoms with van der Waals surface area (Å²) in [7, 11) is 1.47. The minimum atomic E-state index is -0.530. The number of allylic oxidation sites excluding steroid dienone is 3. The SMILES string of the molecule is COc1cc(C2C(C(=O)OCc3ccccc3)=C(C)NC3=CCCC(=O)C32)ccc1O. The fourth-order valence-corrected chi connectivity index (χ4v) is 4.33. The van der Waals surface area contributed by atoms with Crippen LogP contribution in [-0.2, 0) is 20.9 Å². The standard InChI is InChI=1S/C25H25NO5/c1-15-22(25(29)31-14-16-7-4-3-5-8-16)23(17-11-12-19(27)21(13-17)30-2)24-18(26-15)9-6-10-20(24)28/h3-5,7-9,11-13,23-24,26-27H,6,10,14H2,1-2H3. The van der Waals surface area contributed by atoms with Gasteiger partial charge in [0.15, 0.2) is 11.5 Å². The van der Waals surface area contributed by atoms with Crippen molar-refractivity contribution in [3.63, 3.8) is 0 Å². The van der Waals surface area contributed by atoms with Crippen LogP contribution in [0.1, 0.15) is 36.8 Å². The molecule has 2 aromatic rings. The van der Waals surface area contributed by atoms with Crippen molar-refractivity contribution in [2.24, 2.45) is 5.92 Å². The first-order valence-corrected chi connectivity index (χ1v) is 10.3. The molecule has 1 aliphatic carbocycles. The van der Waals surface area contributed by atoms with Gasteiger partial charge in [-0.25, -0.2) is 4.79 Å². The van der Waals surface area contributed by atoms with Gasteiger partial charge in [-0.1, -0.05) is 42.5 Å². The van der Waals surface area contributed by atoms with E-state index in [1.165, 1.54) is 13.2 Å². The third kappa shape index (κ3) is 4.06. The van der Waals surface area contributed by atoms with Crippen LogP contribution >= 0.6 is 0 Å². The molecule has 0 saturated heterocycles. The lowest BCUT2D eigenvalue weighted by Gasteiger charge is -2.38. The molecule has 160 valence electrons. The number of phenols is 1. The Balaban J connectivity index is 1.75. The summed E-state index contributed by atoms with van der Waals surface area (Å²) in [6, 6.07) is 14.4. The van der Waals surface area contributed by atoms with Crippen LogP contribution in [0, 0.1) is 5.92 Å². The van der Waals surface area contributed by atoms with E-state index in [4.69, 9.17) is 9.47 Å². The number of carbonyl (C=O) groups excluding carboxylic acids is 2. The average molecular weight is 419 g/mol. The van der Waals surface area contributed by atoms with Gasteiger partial charge in [0.05, 0.1) is 18.6 Å². The Labute approximate surface area is 181 Å². The maximum Gasteiger partial charge on any atom is 0.336 e. The van der Waals surface area contributed by atoms with Gasteiger partial charge < -0.3 is 19.9 Å². The molecule has 1 aliphatic heterocycles. The average Bonchev–Trinajstić information content (AvgIpc) is 2.78. The Morgan fingerprint density at radius 3 is 2.68 bits per heavy atom. The second-order valence-electron chi connectivity index (χ2n) is 7.78. The molecule has 0 aromatic heterocycles. The molecule has 6 heteroatoms. The quantitative estimate of drug-likeness (QED) is 0.714. The highest BCUT2D eigenvalue weighted by Gasteiger charge is 2.43. The lowest BCUT2D eigenvalue weighted by molar-refractivity contribution is -0.141. The second-order valence-corrected chi connectivity index (χ2v) is 7.78. The summed E-state index contributed by atoms with van der Waals surface area (Å²) < 4.78 is 10.9. The van der Waals surface area contributed by atoms with Crippen molar-refractivity contribution in [3.8, 4) is 11.5 Å². The summed E-state index contributed by atoms with van der Waals surface area (Å²) in [6.45, 7) is 1.96. The van der Waals surface area contributed by atoms with E-state index in [1.807, 2.05) is 43.3 Å². The number of benzene rings is 2. The normalized spacial score (nSPS) is 20.5. The first-order chi connectivity index (χ1) is 15.0. The summed E-state index contributed by atoms with van der Waals surface area (Å²) in [5, 5.41) is 13.3. The maximum atomic E-state index is 13.2. The van der Waals surface area contributed by atoms with Crippen molar-refractivity contribution >= 4 is 11.8 Å². The van der Waals surface area contributed by atoms with E-state index in [0.717, 1.165) is 11.3 Å². The summed E-state index contributed by atoms with van der Waals surface area (Å²) >= 11 is 0. The molecule has 2 N–H and O–H groups in total.